The van der Waals surface area contributed by atoms with E-state index in [0.717, 1.165) is 12.2 Å². The first-order valence-electron chi connectivity index (χ1n) is 4.80. The highest BCUT2D eigenvalue weighted by Gasteiger charge is 2.22. The van der Waals surface area contributed by atoms with Crippen molar-refractivity contribution in [3.63, 3.8) is 0 Å². The highest BCUT2D eigenvalue weighted by molar-refractivity contribution is 5.33. The number of pyridine rings is 1. The second-order valence-corrected chi connectivity index (χ2v) is 3.68. The van der Waals surface area contributed by atoms with E-state index in [1.807, 2.05) is 25.1 Å². The van der Waals surface area contributed by atoms with Gasteiger partial charge in [0.1, 0.15) is 11.8 Å². The van der Waals surface area contributed by atoms with Gasteiger partial charge in [0, 0.05) is 6.07 Å². The summed E-state index contributed by atoms with van der Waals surface area (Å²) in [4.78, 5) is 4.11. The number of aromatic nitrogens is 1. The van der Waals surface area contributed by atoms with Crippen molar-refractivity contribution in [1.82, 2.24) is 4.98 Å². The van der Waals surface area contributed by atoms with E-state index in [1.165, 1.54) is 12.8 Å². The monoisotopic (exact) mass is 188 g/mol. The number of aryl methyl sites for hydroxylation is 1. The van der Waals surface area contributed by atoms with Gasteiger partial charge in [0.2, 0.25) is 5.88 Å². The Labute approximate surface area is 83.3 Å². The van der Waals surface area contributed by atoms with Crippen LogP contribution in [0.2, 0.25) is 0 Å². The van der Waals surface area contributed by atoms with Crippen molar-refractivity contribution in [2.45, 2.75) is 19.8 Å². The Balaban J connectivity index is 2.06. The van der Waals surface area contributed by atoms with Crippen molar-refractivity contribution in [1.29, 1.82) is 5.26 Å². The molecule has 1 fully saturated rings. The van der Waals surface area contributed by atoms with Crippen LogP contribution in [0.4, 0.5) is 0 Å². The van der Waals surface area contributed by atoms with Crippen LogP contribution in [0.25, 0.3) is 0 Å². The summed E-state index contributed by atoms with van der Waals surface area (Å²) in [6, 6.07) is 5.73. The predicted molar refractivity (Wildman–Crippen MR) is 51.9 cm³/mol. The van der Waals surface area contributed by atoms with Crippen LogP contribution in [0, 0.1) is 24.2 Å². The van der Waals surface area contributed by atoms with Crippen molar-refractivity contribution in [2.24, 2.45) is 5.92 Å². The molecule has 0 aliphatic heterocycles. The summed E-state index contributed by atoms with van der Waals surface area (Å²) >= 11 is 0. The van der Waals surface area contributed by atoms with Gasteiger partial charge in [0.05, 0.1) is 6.61 Å². The van der Waals surface area contributed by atoms with Crippen LogP contribution in [-0.4, -0.2) is 11.6 Å². The van der Waals surface area contributed by atoms with Gasteiger partial charge < -0.3 is 4.74 Å². The lowest BCUT2D eigenvalue weighted by molar-refractivity contribution is 0.288. The van der Waals surface area contributed by atoms with Crippen molar-refractivity contribution in [3.05, 3.63) is 23.4 Å². The van der Waals surface area contributed by atoms with E-state index < -0.39 is 0 Å². The molecule has 0 aromatic carbocycles. The standard InChI is InChI=1S/C11H12N2O/c1-8-2-5-11(13-10(8)6-12)14-7-9-3-4-9/h2,5,9H,3-4,7H2,1H3. The Morgan fingerprint density at radius 1 is 1.57 bits per heavy atom. The third-order valence-electron chi connectivity index (χ3n) is 2.34. The number of hydrogen-bond acceptors (Lipinski definition) is 3. The lowest BCUT2D eigenvalue weighted by atomic mass is 10.2. The molecule has 0 N–H and O–H groups in total. The summed E-state index contributed by atoms with van der Waals surface area (Å²) < 4.78 is 5.47. The summed E-state index contributed by atoms with van der Waals surface area (Å²) in [6.07, 6.45) is 2.52. The van der Waals surface area contributed by atoms with E-state index in [9.17, 15) is 0 Å². The fourth-order valence-electron chi connectivity index (χ4n) is 1.19. The molecule has 0 bridgehead atoms. The van der Waals surface area contributed by atoms with Gasteiger partial charge in [-0.2, -0.15) is 5.26 Å². The Hall–Kier alpha value is -1.56. The van der Waals surface area contributed by atoms with Crippen LogP contribution in [0.15, 0.2) is 12.1 Å². The lowest BCUT2D eigenvalue weighted by Gasteiger charge is -2.04. The molecule has 0 saturated heterocycles. The van der Waals surface area contributed by atoms with Gasteiger partial charge in [0.25, 0.3) is 0 Å². The molecule has 3 nitrogen and oxygen atoms in total. The largest absolute Gasteiger partial charge is 0.477 e. The molecule has 0 spiro atoms. The average Bonchev–Trinajstić information content (AvgIpc) is 3.00. The number of nitrogens with zero attached hydrogens (tertiary/aromatic N) is 2. The molecular weight excluding hydrogens is 176 g/mol. The van der Waals surface area contributed by atoms with Gasteiger partial charge in [-0.05, 0) is 31.2 Å². The van der Waals surface area contributed by atoms with Gasteiger partial charge in [-0.3, -0.25) is 0 Å². The Bertz CT molecular complexity index is 377. The fraction of sp³-hybridized carbons (Fsp3) is 0.455. The van der Waals surface area contributed by atoms with E-state index in [2.05, 4.69) is 4.98 Å². The minimum atomic E-state index is 0.457. The van der Waals surface area contributed by atoms with Crippen LogP contribution in [0.5, 0.6) is 5.88 Å². The van der Waals surface area contributed by atoms with Crippen LogP contribution in [0.1, 0.15) is 24.1 Å². The number of ether oxygens (including phenoxy) is 1. The molecule has 1 aromatic rings. The molecule has 1 heterocycles. The zero-order valence-electron chi connectivity index (χ0n) is 8.16. The molecule has 0 atom stereocenters. The SMILES string of the molecule is Cc1ccc(OCC2CC2)nc1C#N. The van der Waals surface area contributed by atoms with Crippen LogP contribution < -0.4 is 4.74 Å². The topological polar surface area (TPSA) is 45.9 Å². The predicted octanol–water partition coefficient (Wildman–Crippen LogP) is 2.05. The molecule has 1 aliphatic rings. The van der Waals surface area contributed by atoms with E-state index in [4.69, 9.17) is 10.00 Å². The van der Waals surface area contributed by atoms with Crippen LogP contribution >= 0.6 is 0 Å². The number of rotatable bonds is 3. The van der Waals surface area contributed by atoms with Gasteiger partial charge in [-0.1, -0.05) is 6.07 Å². The first kappa shape index (κ1) is 9.01. The lowest BCUT2D eigenvalue weighted by Crippen LogP contribution is -2.01. The molecule has 0 unspecified atom stereocenters. The normalized spacial score (nSPS) is 14.9. The van der Waals surface area contributed by atoms with Crippen molar-refractivity contribution in [3.8, 4) is 11.9 Å². The molecule has 0 amide bonds. The Morgan fingerprint density at radius 2 is 2.36 bits per heavy atom. The van der Waals surface area contributed by atoms with Gasteiger partial charge in [-0.25, -0.2) is 4.98 Å². The van der Waals surface area contributed by atoms with Gasteiger partial charge in [-0.15, -0.1) is 0 Å². The zero-order valence-corrected chi connectivity index (χ0v) is 8.16. The van der Waals surface area contributed by atoms with Gasteiger partial charge >= 0.3 is 0 Å². The highest BCUT2D eigenvalue weighted by atomic mass is 16.5. The van der Waals surface area contributed by atoms with Crippen molar-refractivity contribution >= 4 is 0 Å². The summed E-state index contributed by atoms with van der Waals surface area (Å²) in [7, 11) is 0. The molecule has 14 heavy (non-hydrogen) atoms. The van der Waals surface area contributed by atoms with Crippen molar-refractivity contribution < 1.29 is 4.74 Å². The number of hydrogen-bond donors (Lipinski definition) is 0. The van der Waals surface area contributed by atoms with E-state index in [0.29, 0.717) is 17.5 Å². The Morgan fingerprint density at radius 3 is 3.00 bits per heavy atom. The van der Waals surface area contributed by atoms with Crippen molar-refractivity contribution in [2.75, 3.05) is 6.61 Å². The van der Waals surface area contributed by atoms with E-state index >= 15 is 0 Å². The summed E-state index contributed by atoms with van der Waals surface area (Å²) in [5.74, 6) is 1.28. The molecule has 1 aromatic heterocycles. The summed E-state index contributed by atoms with van der Waals surface area (Å²) in [6.45, 7) is 2.61. The minimum Gasteiger partial charge on any atom is -0.477 e. The minimum absolute atomic E-state index is 0.457. The molecule has 1 aliphatic carbocycles. The second-order valence-electron chi connectivity index (χ2n) is 3.68. The molecule has 72 valence electrons. The maximum absolute atomic E-state index is 8.76. The first-order chi connectivity index (χ1) is 6.79. The molecular formula is C11H12N2O. The smallest absolute Gasteiger partial charge is 0.214 e. The Kier molecular flexibility index (Phi) is 2.36. The first-order valence-corrected chi connectivity index (χ1v) is 4.80. The maximum Gasteiger partial charge on any atom is 0.214 e. The third kappa shape index (κ3) is 2.02. The van der Waals surface area contributed by atoms with Crippen LogP contribution in [-0.2, 0) is 0 Å². The maximum atomic E-state index is 8.76. The van der Waals surface area contributed by atoms with E-state index in [1.54, 1.807) is 0 Å². The average molecular weight is 188 g/mol. The third-order valence-corrected chi connectivity index (χ3v) is 2.34. The zero-order chi connectivity index (χ0) is 9.97. The second kappa shape index (κ2) is 3.67. The van der Waals surface area contributed by atoms with E-state index in [-0.39, 0.29) is 0 Å². The summed E-state index contributed by atoms with van der Waals surface area (Å²) in [5, 5.41) is 8.76. The quantitative estimate of drug-likeness (QED) is 0.729. The molecule has 1 saturated carbocycles. The molecule has 2 rings (SSSR count). The van der Waals surface area contributed by atoms with Crippen LogP contribution in [0.3, 0.4) is 0 Å². The fourth-order valence-corrected chi connectivity index (χ4v) is 1.19. The highest BCUT2D eigenvalue weighted by Crippen LogP contribution is 2.29. The number of nitriles is 1. The van der Waals surface area contributed by atoms with Gasteiger partial charge in [0.15, 0.2) is 0 Å². The molecule has 0 radical (unpaired) electrons. The summed E-state index contributed by atoms with van der Waals surface area (Å²) in [5.41, 5.74) is 1.35. The molecule has 3 heteroatoms.